The van der Waals surface area contributed by atoms with E-state index in [4.69, 9.17) is 33.0 Å². The van der Waals surface area contributed by atoms with Gasteiger partial charge in [0.25, 0.3) is 5.91 Å². The van der Waals surface area contributed by atoms with E-state index < -0.39 is 18.0 Å². The van der Waals surface area contributed by atoms with Crippen molar-refractivity contribution in [3.8, 4) is 5.75 Å². The minimum absolute atomic E-state index is 0.0468. The zero-order valence-corrected chi connectivity index (χ0v) is 11.7. The van der Waals surface area contributed by atoms with E-state index in [1.54, 1.807) is 18.2 Å². The van der Waals surface area contributed by atoms with Gasteiger partial charge in [0, 0.05) is 6.54 Å². The standard InChI is InChI=1S/C12H13Cl2NO4/c1-7(12(18)15-6-5-10(16)17)19-9-4-2-3-8(13)11(9)14/h2-4,7H,5-6H2,1H3,(H,15,18)(H,16,17). The van der Waals surface area contributed by atoms with E-state index in [1.807, 2.05) is 0 Å². The number of halogens is 2. The van der Waals surface area contributed by atoms with Crippen LogP contribution in [0.1, 0.15) is 13.3 Å². The highest BCUT2D eigenvalue weighted by Crippen LogP contribution is 2.31. The molecule has 0 spiro atoms. The Morgan fingerprint density at radius 1 is 1.42 bits per heavy atom. The van der Waals surface area contributed by atoms with E-state index in [0.717, 1.165) is 0 Å². The molecule has 1 atom stereocenters. The fourth-order valence-electron chi connectivity index (χ4n) is 1.26. The molecule has 2 N–H and O–H groups in total. The van der Waals surface area contributed by atoms with Gasteiger partial charge in [0.2, 0.25) is 0 Å². The number of benzene rings is 1. The summed E-state index contributed by atoms with van der Waals surface area (Å²) < 4.78 is 5.37. The van der Waals surface area contributed by atoms with Crippen LogP contribution in [0.4, 0.5) is 0 Å². The monoisotopic (exact) mass is 305 g/mol. The number of ether oxygens (including phenoxy) is 1. The molecule has 0 heterocycles. The Hall–Kier alpha value is -1.46. The first-order chi connectivity index (χ1) is 8.91. The van der Waals surface area contributed by atoms with Crippen molar-refractivity contribution in [1.29, 1.82) is 0 Å². The smallest absolute Gasteiger partial charge is 0.305 e. The molecule has 0 aromatic heterocycles. The first-order valence-corrected chi connectivity index (χ1v) is 6.27. The van der Waals surface area contributed by atoms with E-state index in [0.29, 0.717) is 10.8 Å². The second kappa shape index (κ2) is 7.21. The van der Waals surface area contributed by atoms with Crippen LogP contribution in [0.2, 0.25) is 10.0 Å². The average Bonchev–Trinajstić information content (AvgIpc) is 2.34. The van der Waals surface area contributed by atoms with Crippen molar-refractivity contribution >= 4 is 35.1 Å². The summed E-state index contributed by atoms with van der Waals surface area (Å²) in [6, 6.07) is 4.85. The Bertz CT molecular complexity index is 479. The number of nitrogens with one attached hydrogen (secondary N) is 1. The van der Waals surface area contributed by atoms with Crippen LogP contribution in [0, 0.1) is 0 Å². The average molecular weight is 306 g/mol. The van der Waals surface area contributed by atoms with Gasteiger partial charge in [-0.1, -0.05) is 29.3 Å². The number of carboxylic acids is 1. The fraction of sp³-hybridized carbons (Fsp3) is 0.333. The van der Waals surface area contributed by atoms with Crippen LogP contribution >= 0.6 is 23.2 Å². The molecule has 0 saturated heterocycles. The molecule has 0 saturated carbocycles. The molecule has 1 aromatic rings. The first kappa shape index (κ1) is 15.6. The second-order valence-corrected chi connectivity index (χ2v) is 4.53. The van der Waals surface area contributed by atoms with Crippen LogP contribution in [0.25, 0.3) is 0 Å². The maximum atomic E-state index is 11.6. The molecule has 5 nitrogen and oxygen atoms in total. The SMILES string of the molecule is CC(Oc1cccc(Cl)c1Cl)C(=O)NCCC(=O)O. The van der Waals surface area contributed by atoms with Gasteiger partial charge in [-0.2, -0.15) is 0 Å². The minimum Gasteiger partial charge on any atom is -0.481 e. The Balaban J connectivity index is 2.54. The van der Waals surface area contributed by atoms with Gasteiger partial charge in [-0.3, -0.25) is 9.59 Å². The van der Waals surface area contributed by atoms with Crippen LogP contribution in [0.3, 0.4) is 0 Å². The van der Waals surface area contributed by atoms with Crippen molar-refractivity contribution in [2.75, 3.05) is 6.54 Å². The molecule has 19 heavy (non-hydrogen) atoms. The topological polar surface area (TPSA) is 75.6 Å². The molecule has 0 fully saturated rings. The van der Waals surface area contributed by atoms with Gasteiger partial charge in [0.1, 0.15) is 10.8 Å². The van der Waals surface area contributed by atoms with Crippen LogP contribution in [0.5, 0.6) is 5.75 Å². The Labute approximate surface area is 120 Å². The predicted octanol–water partition coefficient (Wildman–Crippen LogP) is 2.35. The molecule has 1 aromatic carbocycles. The van der Waals surface area contributed by atoms with Crippen LogP contribution in [0.15, 0.2) is 18.2 Å². The Morgan fingerprint density at radius 3 is 2.74 bits per heavy atom. The third kappa shape index (κ3) is 4.96. The largest absolute Gasteiger partial charge is 0.481 e. The van der Waals surface area contributed by atoms with Crippen molar-refractivity contribution in [2.45, 2.75) is 19.4 Å². The molecule has 0 bridgehead atoms. The lowest BCUT2D eigenvalue weighted by Crippen LogP contribution is -2.37. The molecule has 0 aliphatic rings. The Morgan fingerprint density at radius 2 is 2.11 bits per heavy atom. The highest BCUT2D eigenvalue weighted by atomic mass is 35.5. The molecule has 1 amide bonds. The molecular formula is C12H13Cl2NO4. The zero-order chi connectivity index (χ0) is 14.4. The molecule has 1 unspecified atom stereocenters. The van der Waals surface area contributed by atoms with Gasteiger partial charge < -0.3 is 15.2 Å². The summed E-state index contributed by atoms with van der Waals surface area (Å²) in [6.07, 6.45) is -0.944. The van der Waals surface area contributed by atoms with Gasteiger partial charge in [-0.15, -0.1) is 0 Å². The van der Waals surface area contributed by atoms with E-state index in [-0.39, 0.29) is 18.0 Å². The van der Waals surface area contributed by atoms with Crippen LogP contribution in [-0.4, -0.2) is 29.6 Å². The molecule has 1 rings (SSSR count). The van der Waals surface area contributed by atoms with Gasteiger partial charge in [0.15, 0.2) is 6.10 Å². The predicted molar refractivity (Wildman–Crippen MR) is 71.8 cm³/mol. The second-order valence-electron chi connectivity index (χ2n) is 3.75. The molecule has 7 heteroatoms. The van der Waals surface area contributed by atoms with Crippen molar-refractivity contribution < 1.29 is 19.4 Å². The zero-order valence-electron chi connectivity index (χ0n) is 10.2. The van der Waals surface area contributed by atoms with E-state index in [1.165, 1.54) is 6.92 Å². The maximum Gasteiger partial charge on any atom is 0.305 e. The lowest BCUT2D eigenvalue weighted by atomic mass is 10.3. The third-order valence-electron chi connectivity index (χ3n) is 2.23. The highest BCUT2D eigenvalue weighted by Gasteiger charge is 2.16. The molecular weight excluding hydrogens is 293 g/mol. The Kier molecular flexibility index (Phi) is 5.92. The van der Waals surface area contributed by atoms with Gasteiger partial charge in [-0.25, -0.2) is 0 Å². The quantitative estimate of drug-likeness (QED) is 0.846. The molecule has 0 aliphatic carbocycles. The van der Waals surface area contributed by atoms with Gasteiger partial charge >= 0.3 is 5.97 Å². The van der Waals surface area contributed by atoms with E-state index in [9.17, 15) is 9.59 Å². The van der Waals surface area contributed by atoms with Crippen molar-refractivity contribution in [2.24, 2.45) is 0 Å². The fourth-order valence-corrected chi connectivity index (χ4v) is 1.59. The molecule has 0 aliphatic heterocycles. The summed E-state index contributed by atoms with van der Waals surface area (Å²) in [5, 5.41) is 11.5. The first-order valence-electron chi connectivity index (χ1n) is 5.52. The summed E-state index contributed by atoms with van der Waals surface area (Å²) in [5.74, 6) is -1.10. The summed E-state index contributed by atoms with van der Waals surface area (Å²) in [6.45, 7) is 1.58. The summed E-state index contributed by atoms with van der Waals surface area (Å²) in [7, 11) is 0. The number of carbonyl (C=O) groups excluding carboxylic acids is 1. The summed E-state index contributed by atoms with van der Waals surface area (Å²) in [4.78, 5) is 21.9. The van der Waals surface area contributed by atoms with E-state index >= 15 is 0 Å². The number of carbonyl (C=O) groups is 2. The summed E-state index contributed by atoms with van der Waals surface area (Å²) in [5.41, 5.74) is 0. The number of carboxylic acid groups (broad SMARTS) is 1. The number of hydrogen-bond acceptors (Lipinski definition) is 3. The highest BCUT2D eigenvalue weighted by molar-refractivity contribution is 6.42. The van der Waals surface area contributed by atoms with Gasteiger partial charge in [-0.05, 0) is 19.1 Å². The van der Waals surface area contributed by atoms with Crippen molar-refractivity contribution in [3.63, 3.8) is 0 Å². The van der Waals surface area contributed by atoms with Crippen LogP contribution < -0.4 is 10.1 Å². The normalized spacial score (nSPS) is 11.7. The number of rotatable bonds is 6. The number of amides is 1. The third-order valence-corrected chi connectivity index (χ3v) is 3.03. The lowest BCUT2D eigenvalue weighted by Gasteiger charge is -2.15. The molecule has 104 valence electrons. The summed E-state index contributed by atoms with van der Waals surface area (Å²) >= 11 is 11.7. The van der Waals surface area contributed by atoms with E-state index in [2.05, 4.69) is 5.32 Å². The number of hydrogen-bond donors (Lipinski definition) is 2. The van der Waals surface area contributed by atoms with Crippen molar-refractivity contribution in [1.82, 2.24) is 5.32 Å². The minimum atomic E-state index is -0.980. The van der Waals surface area contributed by atoms with Crippen molar-refractivity contribution in [3.05, 3.63) is 28.2 Å². The lowest BCUT2D eigenvalue weighted by molar-refractivity contribution is -0.137. The van der Waals surface area contributed by atoms with Crippen LogP contribution in [-0.2, 0) is 9.59 Å². The van der Waals surface area contributed by atoms with Gasteiger partial charge in [0.05, 0.1) is 11.4 Å². The molecule has 0 radical (unpaired) electrons. The number of aliphatic carboxylic acids is 1. The maximum absolute atomic E-state index is 11.6.